The van der Waals surface area contributed by atoms with E-state index in [1.165, 1.54) is 35.0 Å². The van der Waals surface area contributed by atoms with E-state index in [4.69, 9.17) is 4.74 Å². The molecule has 1 aromatic rings. The lowest BCUT2D eigenvalue weighted by atomic mass is 10.0. The Morgan fingerprint density at radius 3 is 3.06 bits per heavy atom. The molecule has 0 radical (unpaired) electrons. The first kappa shape index (κ1) is 14.5. The highest BCUT2D eigenvalue weighted by atomic mass is 79.9. The number of thiophene rings is 1. The molecule has 18 heavy (non-hydrogen) atoms. The minimum atomic E-state index is 0.468. The molecule has 4 heteroatoms. The minimum absolute atomic E-state index is 0.468. The average molecular weight is 332 g/mol. The van der Waals surface area contributed by atoms with Gasteiger partial charge in [-0.2, -0.15) is 0 Å². The number of ether oxygens (including phenoxy) is 1. The molecule has 2 heterocycles. The normalized spacial score (nSPS) is 22.0. The van der Waals surface area contributed by atoms with Crippen LogP contribution < -0.4 is 5.32 Å². The van der Waals surface area contributed by atoms with Crippen LogP contribution in [0.25, 0.3) is 0 Å². The molecule has 1 aliphatic heterocycles. The van der Waals surface area contributed by atoms with Crippen LogP contribution in [0.2, 0.25) is 0 Å². The summed E-state index contributed by atoms with van der Waals surface area (Å²) in [4.78, 5) is 1.42. The maximum absolute atomic E-state index is 5.82. The number of nitrogens with one attached hydrogen (secondary N) is 1. The summed E-state index contributed by atoms with van der Waals surface area (Å²) in [5.74, 6) is 0. The molecule has 0 bridgehead atoms. The van der Waals surface area contributed by atoms with E-state index in [0.29, 0.717) is 12.1 Å². The number of halogens is 1. The van der Waals surface area contributed by atoms with Gasteiger partial charge >= 0.3 is 0 Å². The first-order chi connectivity index (χ1) is 8.81. The molecule has 1 aromatic heterocycles. The lowest BCUT2D eigenvalue weighted by Gasteiger charge is -2.25. The molecule has 1 fully saturated rings. The molecular weight excluding hydrogens is 310 g/mol. The Kier molecular flexibility index (Phi) is 6.15. The minimum Gasteiger partial charge on any atom is -0.378 e. The van der Waals surface area contributed by atoms with Gasteiger partial charge < -0.3 is 10.1 Å². The van der Waals surface area contributed by atoms with E-state index in [0.717, 1.165) is 19.6 Å². The van der Waals surface area contributed by atoms with Crippen molar-refractivity contribution in [3.8, 4) is 0 Å². The smallest absolute Gasteiger partial charge is 0.0575 e. The Morgan fingerprint density at radius 2 is 2.44 bits per heavy atom. The van der Waals surface area contributed by atoms with Crippen molar-refractivity contribution < 1.29 is 4.74 Å². The van der Waals surface area contributed by atoms with Gasteiger partial charge in [-0.15, -0.1) is 11.3 Å². The fourth-order valence-corrected chi connectivity index (χ4v) is 4.27. The first-order valence-electron chi connectivity index (χ1n) is 6.89. The van der Waals surface area contributed by atoms with Gasteiger partial charge in [0.1, 0.15) is 0 Å². The molecule has 2 nitrogen and oxygen atoms in total. The molecule has 102 valence electrons. The summed E-state index contributed by atoms with van der Waals surface area (Å²) >= 11 is 5.48. The summed E-state index contributed by atoms with van der Waals surface area (Å²) in [6, 6.07) is 2.61. The fraction of sp³-hybridized carbons (Fsp3) is 0.714. The van der Waals surface area contributed by atoms with Gasteiger partial charge in [0.2, 0.25) is 0 Å². The lowest BCUT2D eigenvalue weighted by Crippen LogP contribution is -2.24. The Hall–Kier alpha value is 0.100. The van der Waals surface area contributed by atoms with E-state index in [1.54, 1.807) is 0 Å². The van der Waals surface area contributed by atoms with Crippen molar-refractivity contribution in [2.75, 3.05) is 13.2 Å². The van der Waals surface area contributed by atoms with E-state index >= 15 is 0 Å². The Labute approximate surface area is 122 Å². The predicted molar refractivity (Wildman–Crippen MR) is 81.3 cm³/mol. The van der Waals surface area contributed by atoms with Crippen LogP contribution in [0.5, 0.6) is 0 Å². The van der Waals surface area contributed by atoms with Gasteiger partial charge in [-0.25, -0.2) is 0 Å². The highest BCUT2D eigenvalue weighted by molar-refractivity contribution is 9.10. The standard InChI is InChI=1S/C14H22BrNOS/c1-2-16-13(14-12(15)8-10-18-14)7-6-11-5-3-4-9-17-11/h8,10-11,13,16H,2-7,9H2,1H3. The fourth-order valence-electron chi connectivity index (χ4n) is 2.51. The van der Waals surface area contributed by atoms with Crippen LogP contribution in [0.4, 0.5) is 0 Å². The summed E-state index contributed by atoms with van der Waals surface area (Å²) < 4.78 is 7.06. The number of rotatable bonds is 6. The summed E-state index contributed by atoms with van der Waals surface area (Å²) in [5, 5.41) is 5.74. The summed E-state index contributed by atoms with van der Waals surface area (Å²) in [6.07, 6.45) is 6.63. The molecule has 1 saturated heterocycles. The van der Waals surface area contributed by atoms with Crippen LogP contribution >= 0.6 is 27.3 Å². The topological polar surface area (TPSA) is 21.3 Å². The van der Waals surface area contributed by atoms with Crippen LogP contribution in [0.3, 0.4) is 0 Å². The van der Waals surface area contributed by atoms with Crippen molar-refractivity contribution in [3.05, 3.63) is 20.8 Å². The average Bonchev–Trinajstić information content (AvgIpc) is 2.82. The van der Waals surface area contributed by atoms with Crippen molar-refractivity contribution in [1.82, 2.24) is 5.32 Å². The molecule has 0 saturated carbocycles. The van der Waals surface area contributed by atoms with E-state index in [1.807, 2.05) is 11.3 Å². The highest BCUT2D eigenvalue weighted by Crippen LogP contribution is 2.32. The predicted octanol–water partition coefficient (Wildman–Crippen LogP) is 4.51. The molecule has 2 rings (SSSR count). The van der Waals surface area contributed by atoms with Gasteiger partial charge in [-0.3, -0.25) is 0 Å². The zero-order valence-electron chi connectivity index (χ0n) is 11.0. The maximum atomic E-state index is 5.82. The summed E-state index contributed by atoms with van der Waals surface area (Å²) in [6.45, 7) is 4.14. The van der Waals surface area contributed by atoms with Crippen molar-refractivity contribution in [2.45, 2.75) is 51.2 Å². The third-order valence-electron chi connectivity index (χ3n) is 3.46. The van der Waals surface area contributed by atoms with Crippen LogP contribution in [0.1, 0.15) is 49.9 Å². The molecule has 2 unspecified atom stereocenters. The van der Waals surface area contributed by atoms with Crippen molar-refractivity contribution >= 4 is 27.3 Å². The molecular formula is C14H22BrNOS. The second kappa shape index (κ2) is 7.63. The summed E-state index contributed by atoms with van der Waals surface area (Å²) in [5.41, 5.74) is 0. The van der Waals surface area contributed by atoms with Crippen LogP contribution in [-0.2, 0) is 4.74 Å². The second-order valence-corrected chi connectivity index (χ2v) is 6.61. The zero-order chi connectivity index (χ0) is 12.8. The third-order valence-corrected chi connectivity index (χ3v) is 5.45. The van der Waals surface area contributed by atoms with Crippen LogP contribution in [0.15, 0.2) is 15.9 Å². The van der Waals surface area contributed by atoms with Crippen molar-refractivity contribution in [3.63, 3.8) is 0 Å². The molecule has 1 aliphatic rings. The highest BCUT2D eigenvalue weighted by Gasteiger charge is 2.19. The van der Waals surface area contributed by atoms with Gasteiger partial charge in [0.05, 0.1) is 6.10 Å². The Balaban J connectivity index is 1.88. The van der Waals surface area contributed by atoms with Crippen LogP contribution in [-0.4, -0.2) is 19.3 Å². The first-order valence-corrected chi connectivity index (χ1v) is 8.56. The Bertz CT molecular complexity index is 349. The van der Waals surface area contributed by atoms with Crippen LogP contribution in [0, 0.1) is 0 Å². The quantitative estimate of drug-likeness (QED) is 0.827. The number of hydrogen-bond acceptors (Lipinski definition) is 3. The SMILES string of the molecule is CCNC(CCC1CCCCO1)c1sccc1Br. The van der Waals surface area contributed by atoms with Crippen molar-refractivity contribution in [1.29, 1.82) is 0 Å². The van der Waals surface area contributed by atoms with Gasteiger partial charge in [0, 0.05) is 22.0 Å². The zero-order valence-corrected chi connectivity index (χ0v) is 13.4. The molecule has 0 amide bonds. The molecule has 0 aromatic carbocycles. The molecule has 0 spiro atoms. The third kappa shape index (κ3) is 4.05. The lowest BCUT2D eigenvalue weighted by molar-refractivity contribution is 0.00861. The van der Waals surface area contributed by atoms with Crippen molar-refractivity contribution in [2.24, 2.45) is 0 Å². The van der Waals surface area contributed by atoms with E-state index in [2.05, 4.69) is 39.6 Å². The monoisotopic (exact) mass is 331 g/mol. The molecule has 0 aliphatic carbocycles. The largest absolute Gasteiger partial charge is 0.378 e. The maximum Gasteiger partial charge on any atom is 0.0575 e. The molecule has 2 atom stereocenters. The second-order valence-electron chi connectivity index (χ2n) is 4.81. The Morgan fingerprint density at radius 1 is 1.56 bits per heavy atom. The van der Waals surface area contributed by atoms with E-state index < -0.39 is 0 Å². The van der Waals surface area contributed by atoms with E-state index in [-0.39, 0.29) is 0 Å². The van der Waals surface area contributed by atoms with Gasteiger partial charge in [-0.1, -0.05) is 6.92 Å². The molecule has 1 N–H and O–H groups in total. The number of hydrogen-bond donors (Lipinski definition) is 1. The summed E-state index contributed by atoms with van der Waals surface area (Å²) in [7, 11) is 0. The van der Waals surface area contributed by atoms with Gasteiger partial charge in [0.15, 0.2) is 0 Å². The van der Waals surface area contributed by atoms with Gasteiger partial charge in [-0.05, 0) is 66.0 Å². The van der Waals surface area contributed by atoms with E-state index in [9.17, 15) is 0 Å². The van der Waals surface area contributed by atoms with Gasteiger partial charge in [0.25, 0.3) is 0 Å².